The van der Waals surface area contributed by atoms with Gasteiger partial charge in [-0.2, -0.15) is 0 Å². The Morgan fingerprint density at radius 3 is 0.769 bits per heavy atom. The summed E-state index contributed by atoms with van der Waals surface area (Å²) < 4.78 is 10.6. The predicted molar refractivity (Wildman–Crippen MR) is 161 cm³/mol. The number of methoxy groups -OCH3 is 2. The van der Waals surface area contributed by atoms with Gasteiger partial charge in [-0.05, 0) is 68.2 Å². The largest absolute Gasteiger partial charge is 3.00 e. The maximum Gasteiger partial charge on any atom is 3.00 e. The quantitative estimate of drug-likeness (QED) is 0.417. The molecule has 0 aliphatic carbocycles. The van der Waals surface area contributed by atoms with Crippen molar-refractivity contribution in [3.63, 3.8) is 0 Å². The second-order valence-electron chi connectivity index (χ2n) is 14.2. The second kappa shape index (κ2) is 14.7. The Hall–Kier alpha value is -1.87. The van der Waals surface area contributed by atoms with Gasteiger partial charge in [0.15, 0.2) is 0 Å². The molecule has 39 heavy (non-hydrogen) atoms. The fraction of sp³-hybridized carbons (Fsp3) is 0.636. The molecule has 6 heteroatoms. The van der Waals surface area contributed by atoms with Gasteiger partial charge in [-0.25, -0.2) is 0 Å². The van der Waals surface area contributed by atoms with E-state index in [1.807, 2.05) is 24.3 Å². The molecule has 5 nitrogen and oxygen atoms in total. The third-order valence-electron chi connectivity index (χ3n) is 5.83. The van der Waals surface area contributed by atoms with Gasteiger partial charge in [0.2, 0.25) is 0 Å². The standard InChI is InChI=1S/2C15H24O2.C3H7O.Al/c2*1-14(2,3)11-8-10(17-7)9-12(13(11)16)15(4,5)6;1-3(2)4;/h2*8-9,16H,1-7H3;3H,1-2H3;/q;;-1;+3/p-2. The topological polar surface area (TPSA) is 87.6 Å². The van der Waals surface area contributed by atoms with Crippen LogP contribution in [-0.2, 0) is 21.7 Å². The molecule has 0 fully saturated rings. The van der Waals surface area contributed by atoms with Crippen molar-refractivity contribution in [3.8, 4) is 23.0 Å². The van der Waals surface area contributed by atoms with Crippen molar-refractivity contribution in [3.05, 3.63) is 46.5 Å². The second-order valence-corrected chi connectivity index (χ2v) is 14.2. The smallest absolute Gasteiger partial charge is 0.872 e. The molecule has 0 spiro atoms. The van der Waals surface area contributed by atoms with Gasteiger partial charge in [0.25, 0.3) is 0 Å². The van der Waals surface area contributed by atoms with Crippen molar-refractivity contribution < 1.29 is 24.8 Å². The van der Waals surface area contributed by atoms with E-state index < -0.39 is 6.10 Å². The molecular formula is C33H53AlO5. The molecule has 0 saturated carbocycles. The first-order chi connectivity index (χ1) is 16.9. The van der Waals surface area contributed by atoms with Gasteiger partial charge in [0, 0.05) is 0 Å². The molecule has 0 heterocycles. The summed E-state index contributed by atoms with van der Waals surface area (Å²) in [5.41, 5.74) is 2.64. The SMILES string of the molecule is CC(C)[O-].COc1cc(C(C)(C)C)c([O-])c(C(C)(C)C)c1.COc1cc(C(C)(C)C)c([O-])c(C(C)(C)C)c1.[Al+3]. The molecular weight excluding hydrogens is 503 g/mol. The van der Waals surface area contributed by atoms with Crippen molar-refractivity contribution in [1.82, 2.24) is 0 Å². The first-order valence-electron chi connectivity index (χ1n) is 13.3. The van der Waals surface area contributed by atoms with E-state index >= 15 is 0 Å². The number of hydrogen-bond donors (Lipinski definition) is 0. The fourth-order valence-electron chi connectivity index (χ4n) is 3.67. The van der Waals surface area contributed by atoms with Crippen molar-refractivity contribution in [1.29, 1.82) is 0 Å². The molecule has 0 aromatic heterocycles. The van der Waals surface area contributed by atoms with Crippen LogP contribution in [0.25, 0.3) is 0 Å². The first kappa shape index (κ1) is 39.3. The van der Waals surface area contributed by atoms with Crippen LogP contribution in [0, 0.1) is 0 Å². The summed E-state index contributed by atoms with van der Waals surface area (Å²) in [5, 5.41) is 34.5. The minimum absolute atomic E-state index is 0. The fourth-order valence-corrected chi connectivity index (χ4v) is 3.67. The summed E-state index contributed by atoms with van der Waals surface area (Å²) in [7, 11) is 3.28. The van der Waals surface area contributed by atoms with Gasteiger partial charge < -0.3 is 24.8 Å². The number of rotatable bonds is 2. The maximum absolute atomic E-state index is 12.5. The molecule has 0 amide bonds. The average molecular weight is 557 g/mol. The van der Waals surface area contributed by atoms with Gasteiger partial charge in [-0.1, -0.05) is 96.9 Å². The predicted octanol–water partition coefficient (Wildman–Crippen LogP) is 6.10. The third kappa shape index (κ3) is 12.5. The Balaban J connectivity index is 0. The number of ether oxygens (including phenoxy) is 2. The van der Waals surface area contributed by atoms with E-state index in [2.05, 4.69) is 83.1 Å². The summed E-state index contributed by atoms with van der Waals surface area (Å²) in [4.78, 5) is 0. The number of benzene rings is 2. The van der Waals surface area contributed by atoms with Gasteiger partial charge in [-0.15, -0.1) is 17.6 Å². The zero-order valence-electron chi connectivity index (χ0n) is 27.5. The van der Waals surface area contributed by atoms with Crippen LogP contribution < -0.4 is 24.8 Å². The summed E-state index contributed by atoms with van der Waals surface area (Å²) >= 11 is 0. The molecule has 0 N–H and O–H groups in total. The van der Waals surface area contributed by atoms with Crippen LogP contribution in [0.2, 0.25) is 0 Å². The Morgan fingerprint density at radius 1 is 0.513 bits per heavy atom. The Labute approximate surface area is 250 Å². The summed E-state index contributed by atoms with van der Waals surface area (Å²) in [6.07, 6.45) is -0.417. The number of hydrogen-bond acceptors (Lipinski definition) is 5. The van der Waals surface area contributed by atoms with Crippen molar-refractivity contribution in [2.24, 2.45) is 0 Å². The third-order valence-corrected chi connectivity index (χ3v) is 5.83. The summed E-state index contributed by atoms with van der Waals surface area (Å²) in [5.74, 6) is 1.82. The molecule has 2 aromatic rings. The van der Waals surface area contributed by atoms with Crippen LogP contribution in [0.4, 0.5) is 0 Å². The van der Waals surface area contributed by atoms with E-state index in [9.17, 15) is 15.3 Å². The zero-order chi connectivity index (χ0) is 30.4. The van der Waals surface area contributed by atoms with Gasteiger partial charge in [0.05, 0.1) is 14.2 Å². The molecule has 0 atom stereocenters. The molecule has 0 unspecified atom stereocenters. The van der Waals surface area contributed by atoms with Crippen LogP contribution in [0.5, 0.6) is 23.0 Å². The average Bonchev–Trinajstić information content (AvgIpc) is 2.70. The monoisotopic (exact) mass is 556 g/mol. The minimum atomic E-state index is -0.417. The van der Waals surface area contributed by atoms with Crippen molar-refractivity contribution >= 4 is 17.4 Å². The molecule has 218 valence electrons. The Morgan fingerprint density at radius 2 is 0.667 bits per heavy atom. The van der Waals surface area contributed by atoms with E-state index in [1.54, 1.807) is 28.1 Å². The Kier molecular flexibility index (Phi) is 14.8. The van der Waals surface area contributed by atoms with E-state index in [0.29, 0.717) is 0 Å². The van der Waals surface area contributed by atoms with Crippen LogP contribution >= 0.6 is 0 Å². The molecule has 0 saturated heterocycles. The van der Waals surface area contributed by atoms with Crippen LogP contribution in [0.1, 0.15) is 119 Å². The van der Waals surface area contributed by atoms with Crippen LogP contribution in [0.15, 0.2) is 24.3 Å². The molecule has 2 aromatic carbocycles. The molecule has 2 rings (SSSR count). The minimum Gasteiger partial charge on any atom is -0.872 e. The van der Waals surface area contributed by atoms with Gasteiger partial charge in [0.1, 0.15) is 11.5 Å². The van der Waals surface area contributed by atoms with Crippen molar-refractivity contribution in [2.75, 3.05) is 14.2 Å². The molecule has 0 bridgehead atoms. The first-order valence-corrected chi connectivity index (χ1v) is 13.3. The van der Waals surface area contributed by atoms with E-state index in [-0.39, 0.29) is 50.5 Å². The molecule has 0 aliphatic heterocycles. The van der Waals surface area contributed by atoms with Crippen LogP contribution in [0.3, 0.4) is 0 Å². The normalized spacial score (nSPS) is 11.9. The maximum atomic E-state index is 12.5. The van der Waals surface area contributed by atoms with Crippen LogP contribution in [-0.4, -0.2) is 37.7 Å². The molecule has 0 aliphatic rings. The zero-order valence-corrected chi connectivity index (χ0v) is 28.7. The summed E-state index contributed by atoms with van der Waals surface area (Å²) in [6, 6.07) is 7.43. The van der Waals surface area contributed by atoms with E-state index in [0.717, 1.165) is 33.8 Å². The molecule has 0 radical (unpaired) electrons. The summed E-state index contributed by atoms with van der Waals surface area (Å²) in [6.45, 7) is 27.8. The van der Waals surface area contributed by atoms with Crippen molar-refractivity contribution in [2.45, 2.75) is 125 Å². The Bertz CT molecular complexity index is 876. The van der Waals surface area contributed by atoms with E-state index in [1.165, 1.54) is 0 Å². The van der Waals surface area contributed by atoms with Gasteiger partial charge in [-0.3, -0.25) is 0 Å². The van der Waals surface area contributed by atoms with E-state index in [4.69, 9.17) is 9.47 Å². The van der Waals surface area contributed by atoms with Gasteiger partial charge >= 0.3 is 17.4 Å².